The Bertz CT molecular complexity index is 1680. The van der Waals surface area contributed by atoms with Gasteiger partial charge in [0, 0.05) is 29.3 Å². The first-order chi connectivity index (χ1) is 19.0. The lowest BCUT2D eigenvalue weighted by Crippen LogP contribution is -2.27. The summed E-state index contributed by atoms with van der Waals surface area (Å²) in [5.41, 5.74) is 3.39. The lowest BCUT2D eigenvalue weighted by molar-refractivity contribution is -0.116. The zero-order chi connectivity index (χ0) is 27.4. The number of amides is 1. The van der Waals surface area contributed by atoms with Crippen LogP contribution in [0.2, 0.25) is 0 Å². The fourth-order valence-corrected chi connectivity index (χ4v) is 4.52. The molecule has 0 fully saturated rings. The van der Waals surface area contributed by atoms with Crippen molar-refractivity contribution in [3.63, 3.8) is 0 Å². The van der Waals surface area contributed by atoms with E-state index in [0.29, 0.717) is 40.9 Å². The van der Waals surface area contributed by atoms with Gasteiger partial charge < -0.3 is 19.4 Å². The molecule has 2 aromatic heterocycles. The minimum Gasteiger partial charge on any atom is -0.497 e. The first kappa shape index (κ1) is 25.7. The van der Waals surface area contributed by atoms with Crippen molar-refractivity contribution < 1.29 is 14.3 Å². The maximum absolute atomic E-state index is 13.6. The zero-order valence-electron chi connectivity index (χ0n) is 22.0. The number of benzene rings is 3. The SMILES string of the molecule is COc1ccc(NC(=O)CCc2c(C)n(Cc3ccccc3)c3nc(-c4ccccc4)nn3c2=O)c(OC)c1. The van der Waals surface area contributed by atoms with Gasteiger partial charge in [0.2, 0.25) is 11.7 Å². The first-order valence-electron chi connectivity index (χ1n) is 12.6. The highest BCUT2D eigenvalue weighted by Gasteiger charge is 2.20. The largest absolute Gasteiger partial charge is 0.497 e. The van der Waals surface area contributed by atoms with Gasteiger partial charge in [-0.05, 0) is 31.0 Å². The molecule has 0 aliphatic carbocycles. The van der Waals surface area contributed by atoms with E-state index >= 15 is 0 Å². The number of carbonyl (C=O) groups is 1. The van der Waals surface area contributed by atoms with Crippen LogP contribution in [-0.4, -0.2) is 39.3 Å². The zero-order valence-corrected chi connectivity index (χ0v) is 22.0. The van der Waals surface area contributed by atoms with Gasteiger partial charge in [-0.15, -0.1) is 5.10 Å². The molecule has 0 aliphatic rings. The van der Waals surface area contributed by atoms with Crippen LogP contribution in [0, 0.1) is 6.92 Å². The molecule has 5 rings (SSSR count). The number of hydrogen-bond donors (Lipinski definition) is 1. The standard InChI is InChI=1S/C30H29N5O4/c1-20-24(15-17-27(36)31-25-16-14-23(38-2)18-26(25)39-3)29(37)35-30(34(20)19-21-10-6-4-7-11-21)32-28(33-35)22-12-8-5-9-13-22/h4-14,16,18H,15,17,19H2,1-3H3,(H,31,36). The third kappa shape index (κ3) is 5.38. The molecule has 0 unspecified atom stereocenters. The number of nitrogens with zero attached hydrogens (tertiary/aromatic N) is 4. The first-order valence-corrected chi connectivity index (χ1v) is 12.6. The molecule has 0 bridgehead atoms. The smallest absolute Gasteiger partial charge is 0.279 e. The van der Waals surface area contributed by atoms with E-state index in [4.69, 9.17) is 14.5 Å². The van der Waals surface area contributed by atoms with Crippen molar-refractivity contribution in [3.8, 4) is 22.9 Å². The molecule has 9 nitrogen and oxygen atoms in total. The van der Waals surface area contributed by atoms with Crippen molar-refractivity contribution in [2.24, 2.45) is 0 Å². The fraction of sp³-hybridized carbons (Fsp3) is 0.200. The predicted molar refractivity (Wildman–Crippen MR) is 149 cm³/mol. The quantitative estimate of drug-likeness (QED) is 0.305. The Morgan fingerprint density at radius 1 is 0.949 bits per heavy atom. The number of fused-ring (bicyclic) bond motifs is 1. The Balaban J connectivity index is 1.49. The summed E-state index contributed by atoms with van der Waals surface area (Å²) in [6.07, 6.45) is 0.336. The normalized spacial score (nSPS) is 10.9. The van der Waals surface area contributed by atoms with Gasteiger partial charge in [-0.25, -0.2) is 0 Å². The van der Waals surface area contributed by atoms with E-state index in [1.54, 1.807) is 25.3 Å². The van der Waals surface area contributed by atoms with Crippen LogP contribution in [0.4, 0.5) is 5.69 Å². The van der Waals surface area contributed by atoms with Crippen molar-refractivity contribution in [1.82, 2.24) is 19.2 Å². The molecule has 198 valence electrons. The number of methoxy groups -OCH3 is 2. The molecule has 5 aromatic rings. The van der Waals surface area contributed by atoms with Gasteiger partial charge in [-0.3, -0.25) is 9.59 Å². The van der Waals surface area contributed by atoms with Gasteiger partial charge in [0.25, 0.3) is 5.56 Å². The molecule has 0 atom stereocenters. The Hall–Kier alpha value is -4.92. The number of anilines is 1. The topological polar surface area (TPSA) is 99.7 Å². The number of ether oxygens (including phenoxy) is 2. The minimum absolute atomic E-state index is 0.0996. The third-order valence-corrected chi connectivity index (χ3v) is 6.62. The van der Waals surface area contributed by atoms with Crippen LogP contribution in [-0.2, 0) is 17.8 Å². The van der Waals surface area contributed by atoms with Crippen molar-refractivity contribution in [1.29, 1.82) is 0 Å². The summed E-state index contributed by atoms with van der Waals surface area (Å²) >= 11 is 0. The molecule has 0 spiro atoms. The number of rotatable bonds is 9. The van der Waals surface area contributed by atoms with E-state index in [1.807, 2.05) is 72.2 Å². The number of nitrogens with one attached hydrogen (secondary N) is 1. The second kappa shape index (κ2) is 11.2. The molecule has 1 N–H and O–H groups in total. The van der Waals surface area contributed by atoms with E-state index in [0.717, 1.165) is 16.8 Å². The van der Waals surface area contributed by atoms with Crippen molar-refractivity contribution in [3.05, 3.63) is 106 Å². The maximum Gasteiger partial charge on any atom is 0.279 e. The number of carbonyl (C=O) groups excluding carboxylic acids is 1. The van der Waals surface area contributed by atoms with Crippen LogP contribution in [0.25, 0.3) is 17.2 Å². The molecule has 0 radical (unpaired) electrons. The molecule has 0 saturated heterocycles. The van der Waals surface area contributed by atoms with E-state index in [1.165, 1.54) is 11.6 Å². The molecule has 9 heteroatoms. The van der Waals surface area contributed by atoms with Crippen LogP contribution in [0.15, 0.2) is 83.7 Å². The molecule has 0 saturated carbocycles. The van der Waals surface area contributed by atoms with Crippen molar-refractivity contribution in [2.45, 2.75) is 26.3 Å². The summed E-state index contributed by atoms with van der Waals surface area (Å²) < 4.78 is 13.9. The molecular formula is C30H29N5O4. The summed E-state index contributed by atoms with van der Waals surface area (Å²) in [4.78, 5) is 31.3. The summed E-state index contributed by atoms with van der Waals surface area (Å²) in [6.45, 7) is 2.40. The van der Waals surface area contributed by atoms with Crippen LogP contribution in [0.3, 0.4) is 0 Å². The highest BCUT2D eigenvalue weighted by Crippen LogP contribution is 2.29. The Labute approximate surface area is 225 Å². The van der Waals surface area contributed by atoms with Gasteiger partial charge >= 0.3 is 0 Å². The Morgan fingerprint density at radius 2 is 1.67 bits per heavy atom. The summed E-state index contributed by atoms with van der Waals surface area (Å²) in [5.74, 6) is 1.79. The highest BCUT2D eigenvalue weighted by molar-refractivity contribution is 5.92. The molecule has 3 aromatic carbocycles. The van der Waals surface area contributed by atoms with Crippen LogP contribution in [0.5, 0.6) is 11.5 Å². The average Bonchev–Trinajstić information content (AvgIpc) is 3.42. The third-order valence-electron chi connectivity index (χ3n) is 6.62. The molecule has 39 heavy (non-hydrogen) atoms. The second-order valence-corrected chi connectivity index (χ2v) is 9.07. The van der Waals surface area contributed by atoms with Crippen LogP contribution in [0.1, 0.15) is 23.2 Å². The van der Waals surface area contributed by atoms with E-state index in [9.17, 15) is 9.59 Å². The second-order valence-electron chi connectivity index (χ2n) is 9.07. The van der Waals surface area contributed by atoms with Crippen LogP contribution >= 0.6 is 0 Å². The van der Waals surface area contributed by atoms with Gasteiger partial charge in [0.1, 0.15) is 11.5 Å². The van der Waals surface area contributed by atoms with E-state index in [-0.39, 0.29) is 24.3 Å². The molecule has 2 heterocycles. The number of aromatic nitrogens is 4. The Kier molecular flexibility index (Phi) is 7.40. The monoisotopic (exact) mass is 523 g/mol. The maximum atomic E-state index is 13.6. The van der Waals surface area contributed by atoms with E-state index in [2.05, 4.69) is 10.4 Å². The minimum atomic E-state index is -0.281. The van der Waals surface area contributed by atoms with Gasteiger partial charge in [-0.1, -0.05) is 60.7 Å². The van der Waals surface area contributed by atoms with Crippen molar-refractivity contribution in [2.75, 3.05) is 19.5 Å². The Morgan fingerprint density at radius 3 is 2.36 bits per heavy atom. The van der Waals surface area contributed by atoms with Gasteiger partial charge in [0.15, 0.2) is 5.82 Å². The molecule has 1 amide bonds. The predicted octanol–water partition coefficient (Wildman–Crippen LogP) is 4.50. The summed E-state index contributed by atoms with van der Waals surface area (Å²) in [6, 6.07) is 24.7. The average molecular weight is 524 g/mol. The van der Waals surface area contributed by atoms with E-state index < -0.39 is 0 Å². The fourth-order valence-electron chi connectivity index (χ4n) is 4.52. The molecule has 0 aliphatic heterocycles. The van der Waals surface area contributed by atoms with Crippen molar-refractivity contribution >= 4 is 17.4 Å². The summed E-state index contributed by atoms with van der Waals surface area (Å²) in [7, 11) is 3.09. The lowest BCUT2D eigenvalue weighted by atomic mass is 10.1. The van der Waals surface area contributed by atoms with Crippen LogP contribution < -0.4 is 20.3 Å². The molecular weight excluding hydrogens is 494 g/mol. The lowest BCUT2D eigenvalue weighted by Gasteiger charge is -2.16. The van der Waals surface area contributed by atoms with Gasteiger partial charge in [-0.2, -0.15) is 9.50 Å². The highest BCUT2D eigenvalue weighted by atomic mass is 16.5. The van der Waals surface area contributed by atoms with Gasteiger partial charge in [0.05, 0.1) is 26.5 Å². The number of hydrogen-bond acceptors (Lipinski definition) is 6. The summed E-state index contributed by atoms with van der Waals surface area (Å²) in [5, 5.41) is 7.44.